The average molecular weight is 1040 g/mol. The molecule has 17 nitrogen and oxygen atoms in total. The number of allylic oxidation sites excluding steroid dienone is 1. The van der Waals surface area contributed by atoms with Crippen LogP contribution in [0, 0.1) is 6.92 Å². The number of hydrogen-bond acceptors (Lipinski definition) is 19. The second-order valence-electron chi connectivity index (χ2n) is 13.6. The number of fused-ring (bicyclic) bond motifs is 3. The van der Waals surface area contributed by atoms with Gasteiger partial charge in [0.05, 0.1) is 78.0 Å². The minimum atomic E-state index is -1.39. The highest BCUT2D eigenvalue weighted by Gasteiger charge is 2.14. The molecule has 0 unspecified atom stereocenters. The first-order valence-corrected chi connectivity index (χ1v) is 23.4. The van der Waals surface area contributed by atoms with Crippen LogP contribution in [-0.2, 0) is 0 Å². The van der Waals surface area contributed by atoms with E-state index in [1.165, 1.54) is 23.7 Å². The van der Waals surface area contributed by atoms with Crippen molar-refractivity contribution in [3.05, 3.63) is 135 Å². The molecule has 0 fully saturated rings. The topological polar surface area (TPSA) is 265 Å². The van der Waals surface area contributed by atoms with Gasteiger partial charge in [0, 0.05) is 23.0 Å². The Kier molecular flexibility index (Phi) is 16.0. The predicted octanol–water partition coefficient (Wildman–Crippen LogP) is 8.29. The molecule has 10 aromatic rings. The zero-order valence-corrected chi connectivity index (χ0v) is 40.2. The molecule has 0 amide bonds. The van der Waals surface area contributed by atoms with Gasteiger partial charge in [-0.1, -0.05) is 47.5 Å². The van der Waals surface area contributed by atoms with Crippen LogP contribution in [0.15, 0.2) is 124 Å². The van der Waals surface area contributed by atoms with Crippen molar-refractivity contribution in [2.24, 2.45) is 4.99 Å². The van der Waals surface area contributed by atoms with Gasteiger partial charge >= 0.3 is 7.12 Å². The molecule has 1 aliphatic rings. The first kappa shape index (κ1) is 47.6. The first-order valence-electron chi connectivity index (χ1n) is 19.2. The molecular weight excluding hydrogens is 1000 g/mol. The van der Waals surface area contributed by atoms with E-state index in [0.717, 1.165) is 65.4 Å². The zero-order chi connectivity index (χ0) is 46.7. The van der Waals surface area contributed by atoms with Crippen LogP contribution >= 0.6 is 73.1 Å². The van der Waals surface area contributed by atoms with E-state index in [4.69, 9.17) is 50.5 Å². The summed E-state index contributed by atoms with van der Waals surface area (Å²) in [4.78, 5) is 41.2. The summed E-state index contributed by atoms with van der Waals surface area (Å²) in [5.74, 6) is 1.63. The van der Waals surface area contributed by atoms with E-state index in [9.17, 15) is 0 Å². The van der Waals surface area contributed by atoms with Crippen LogP contribution in [0.4, 0.5) is 17.5 Å². The van der Waals surface area contributed by atoms with Crippen molar-refractivity contribution in [2.45, 2.75) is 13.8 Å². The Balaban J connectivity index is 0.000000131. The van der Waals surface area contributed by atoms with E-state index in [1.54, 1.807) is 57.3 Å². The van der Waals surface area contributed by atoms with Crippen LogP contribution < -0.4 is 22.7 Å². The van der Waals surface area contributed by atoms with Crippen molar-refractivity contribution >= 4 is 140 Å². The van der Waals surface area contributed by atoms with Crippen molar-refractivity contribution in [1.82, 2.24) is 54.6 Å². The molecule has 1 aliphatic heterocycles. The summed E-state index contributed by atoms with van der Waals surface area (Å²) in [6.07, 6.45) is 10.4. The minimum Gasteiger partial charge on any atom is -0.423 e. The number of nitrogens with two attached hydrogens (primary N) is 3. The number of aromatic nitrogens is 11. The van der Waals surface area contributed by atoms with Gasteiger partial charge in [-0.15, -0.1) is 34.0 Å². The number of nitrogens with zero attached hydrogens (tertiary/aromatic N) is 12. The fraction of sp³-hybridized carbons (Fsp3) is 0.0714. The summed E-state index contributed by atoms with van der Waals surface area (Å²) < 4.78 is 5.39. The number of aryl methyl sites for hydroxylation is 1. The summed E-state index contributed by atoms with van der Waals surface area (Å²) in [5, 5.41) is 22.7. The lowest BCUT2D eigenvalue weighted by molar-refractivity contribution is 0.426. The second kappa shape index (κ2) is 22.2. The average Bonchev–Trinajstić information content (AvgIpc) is 4.17. The second-order valence-corrected chi connectivity index (χ2v) is 17.7. The third-order valence-corrected chi connectivity index (χ3v) is 12.5. The zero-order valence-electron chi connectivity index (χ0n) is 34.6. The monoisotopic (exact) mass is 1040 g/mol. The molecule has 0 atom stereocenters. The molecule has 7 aromatic heterocycles. The number of aliphatic imine (C=N–C) groups is 1. The molecule has 0 bridgehead atoms. The van der Waals surface area contributed by atoms with E-state index in [2.05, 4.69) is 83.0 Å². The summed E-state index contributed by atoms with van der Waals surface area (Å²) in [6, 6.07) is 19.0. The lowest BCUT2D eigenvalue weighted by atomic mass is 9.80. The first-order chi connectivity index (χ1) is 31.8. The fourth-order valence-electron chi connectivity index (χ4n) is 5.74. The van der Waals surface area contributed by atoms with Gasteiger partial charge in [0.15, 0.2) is 16.1 Å². The highest BCUT2D eigenvalue weighted by molar-refractivity contribution is 9.10. The van der Waals surface area contributed by atoms with E-state index in [1.807, 2.05) is 73.5 Å². The van der Waals surface area contributed by atoms with Crippen LogP contribution in [0.25, 0.3) is 59.0 Å². The lowest BCUT2D eigenvalue weighted by Crippen LogP contribution is -2.29. The Morgan fingerprint density at radius 3 is 1.67 bits per heavy atom. The molecule has 8 N–H and O–H groups in total. The van der Waals surface area contributed by atoms with E-state index in [0.29, 0.717) is 44.2 Å². The molecule has 8 heterocycles. The standard InChI is InChI=1S/C15H12N6S.C11H7ClN4S.C7H6BNO2S.C5H7N.C4H3BrClN3/c1-9-4-5-21(20-9)15-14(17-7-13(16)19-15)10-2-3-11-12(6-10)22-8-18-11;12-11-10(14-4-9(13)16-11)6-1-2-7-8(3-6)17-5-15-7;10-8(11)5-1-2-6-7(3-5)12-4-9-6;1-5-3-2-4-6-5;5-3-4(6)9-2(7)1-8-3/h2-8H,1H3,(H2,16,19);1-5H,(H2,13,16);1-4,10-11H;2-3H,4H2,1H3;1H,(H2,7,9). The Bertz CT molecular complexity index is 3320. The largest absolute Gasteiger partial charge is 0.488 e. The van der Waals surface area contributed by atoms with Gasteiger partial charge < -0.3 is 27.2 Å². The highest BCUT2D eigenvalue weighted by atomic mass is 79.9. The van der Waals surface area contributed by atoms with Crippen molar-refractivity contribution < 1.29 is 10.0 Å². The molecule has 3 aromatic carbocycles. The fourth-order valence-corrected chi connectivity index (χ4v) is 8.49. The number of thiazole rings is 3. The molecule has 332 valence electrons. The number of rotatable bonds is 4. The van der Waals surface area contributed by atoms with E-state index >= 15 is 0 Å². The maximum absolute atomic E-state index is 8.86. The molecule has 0 saturated heterocycles. The third kappa shape index (κ3) is 12.5. The van der Waals surface area contributed by atoms with Crippen LogP contribution in [0.2, 0.25) is 10.3 Å². The van der Waals surface area contributed by atoms with Crippen molar-refractivity contribution in [3.63, 3.8) is 0 Å². The molecule has 11 rings (SSSR count). The molecule has 66 heavy (non-hydrogen) atoms. The minimum absolute atomic E-state index is 0.287. The SMILES string of the molecule is CC1=NCC=C1.Cc1ccn(-c2nc(N)cnc2-c2ccc3ncsc3c2)n1.Nc1cnc(-c2ccc3ncsc3c2)c(Cl)n1.Nc1cnc(Br)c(Cl)n1.OB(O)c1ccc2ncsc2c1. The number of hydrogen-bond donors (Lipinski definition) is 5. The number of nitrogen functional groups attached to an aromatic ring is 3. The number of benzene rings is 3. The summed E-state index contributed by atoms with van der Waals surface area (Å²) in [6.45, 7) is 4.83. The van der Waals surface area contributed by atoms with Gasteiger partial charge in [-0.3, -0.25) is 4.99 Å². The van der Waals surface area contributed by atoms with Crippen LogP contribution in [0.5, 0.6) is 0 Å². The highest BCUT2D eigenvalue weighted by Crippen LogP contribution is 2.30. The number of halogens is 3. The lowest BCUT2D eigenvalue weighted by Gasteiger charge is -2.08. The molecule has 0 aliphatic carbocycles. The summed E-state index contributed by atoms with van der Waals surface area (Å²) in [7, 11) is -1.39. The van der Waals surface area contributed by atoms with E-state index in [-0.39, 0.29) is 5.15 Å². The van der Waals surface area contributed by atoms with Crippen LogP contribution in [0.3, 0.4) is 0 Å². The Morgan fingerprint density at radius 2 is 1.18 bits per heavy atom. The van der Waals surface area contributed by atoms with Gasteiger partial charge in [0.1, 0.15) is 33.4 Å². The van der Waals surface area contributed by atoms with Crippen molar-refractivity contribution in [3.8, 4) is 28.3 Å². The normalized spacial score (nSPS) is 11.4. The summed E-state index contributed by atoms with van der Waals surface area (Å²) in [5.41, 5.74) is 30.6. The maximum atomic E-state index is 8.86. The Morgan fingerprint density at radius 1 is 0.652 bits per heavy atom. The quantitative estimate of drug-likeness (QED) is 0.104. The number of anilines is 3. The van der Waals surface area contributed by atoms with Crippen molar-refractivity contribution in [2.75, 3.05) is 23.7 Å². The van der Waals surface area contributed by atoms with Crippen LogP contribution in [-0.4, -0.2) is 84.1 Å². The molecule has 24 heteroatoms. The smallest absolute Gasteiger partial charge is 0.423 e. The van der Waals surface area contributed by atoms with E-state index < -0.39 is 7.12 Å². The maximum Gasteiger partial charge on any atom is 0.488 e. The molecule has 0 radical (unpaired) electrons. The third-order valence-electron chi connectivity index (χ3n) is 8.84. The molecule has 0 saturated carbocycles. The Hall–Kier alpha value is -6.37. The van der Waals surface area contributed by atoms with Gasteiger partial charge in [-0.2, -0.15) is 5.10 Å². The van der Waals surface area contributed by atoms with Crippen molar-refractivity contribution in [1.29, 1.82) is 0 Å². The Labute approximate surface area is 407 Å². The molecular formula is C42H35BBrCl2N15O2S3. The predicted molar refractivity (Wildman–Crippen MR) is 273 cm³/mol. The molecule has 0 spiro atoms. The van der Waals surface area contributed by atoms with Gasteiger partial charge in [-0.25, -0.2) is 49.5 Å². The van der Waals surface area contributed by atoms with Gasteiger partial charge in [0.25, 0.3) is 0 Å². The summed E-state index contributed by atoms with van der Waals surface area (Å²) >= 11 is 19.3. The van der Waals surface area contributed by atoms with Gasteiger partial charge in [0.2, 0.25) is 0 Å². The van der Waals surface area contributed by atoms with Crippen LogP contribution in [0.1, 0.15) is 12.6 Å². The van der Waals surface area contributed by atoms with Gasteiger partial charge in [-0.05, 0) is 83.8 Å².